The molecular weight excluding hydrogens is 484 g/mol. The molecule has 1 N–H and O–H groups in total. The van der Waals surface area contributed by atoms with E-state index in [-0.39, 0.29) is 18.0 Å². The maximum Gasteiger partial charge on any atom is 0.243 e. The van der Waals surface area contributed by atoms with Crippen molar-refractivity contribution in [1.29, 1.82) is 0 Å². The molecule has 0 bridgehead atoms. The van der Waals surface area contributed by atoms with Crippen molar-refractivity contribution >= 4 is 15.9 Å². The Morgan fingerprint density at radius 3 is 1.89 bits per heavy atom. The number of hydrogen-bond donors (Lipinski definition) is 1. The highest BCUT2D eigenvalue weighted by atomic mass is 32.2. The van der Waals surface area contributed by atoms with E-state index < -0.39 is 22.0 Å². The molecule has 4 aromatic rings. The van der Waals surface area contributed by atoms with Crippen molar-refractivity contribution in [2.75, 3.05) is 13.7 Å². The van der Waals surface area contributed by atoms with Crippen LogP contribution in [-0.4, -0.2) is 32.3 Å². The smallest absolute Gasteiger partial charge is 0.243 e. The first-order valence-corrected chi connectivity index (χ1v) is 13.4. The van der Waals surface area contributed by atoms with E-state index in [4.69, 9.17) is 4.74 Å². The molecule has 0 spiro atoms. The number of rotatable bonds is 10. The average molecular weight is 515 g/mol. The van der Waals surface area contributed by atoms with Crippen LogP contribution in [0.1, 0.15) is 28.3 Å². The summed E-state index contributed by atoms with van der Waals surface area (Å²) in [7, 11) is -2.45. The fourth-order valence-corrected chi connectivity index (χ4v) is 5.66. The van der Waals surface area contributed by atoms with Crippen LogP contribution >= 0.6 is 0 Å². The number of amides is 1. The number of aryl methyl sites for hydroxylation is 1. The maximum absolute atomic E-state index is 13.8. The Morgan fingerprint density at radius 2 is 1.38 bits per heavy atom. The molecule has 4 aromatic carbocycles. The minimum Gasteiger partial charge on any atom is -0.496 e. The van der Waals surface area contributed by atoms with E-state index in [1.165, 1.54) is 10.4 Å². The highest BCUT2D eigenvalue weighted by Crippen LogP contribution is 2.26. The molecule has 190 valence electrons. The zero-order valence-corrected chi connectivity index (χ0v) is 21.7. The number of methoxy groups -OCH3 is 1. The van der Waals surface area contributed by atoms with Crippen LogP contribution in [0.15, 0.2) is 114 Å². The summed E-state index contributed by atoms with van der Waals surface area (Å²) in [5.74, 6) is 0.197. The Morgan fingerprint density at radius 1 is 0.838 bits per heavy atom. The van der Waals surface area contributed by atoms with Gasteiger partial charge in [-0.05, 0) is 47.4 Å². The molecule has 0 fully saturated rings. The molecule has 0 radical (unpaired) electrons. The third kappa shape index (κ3) is 6.44. The van der Waals surface area contributed by atoms with Crippen LogP contribution in [0.5, 0.6) is 5.75 Å². The summed E-state index contributed by atoms with van der Waals surface area (Å²) in [5.41, 5.74) is 3.29. The average Bonchev–Trinajstić information content (AvgIpc) is 2.93. The third-order valence-electron chi connectivity index (χ3n) is 6.10. The van der Waals surface area contributed by atoms with Gasteiger partial charge in [0.25, 0.3) is 0 Å². The Balaban J connectivity index is 1.64. The van der Waals surface area contributed by atoms with Crippen LogP contribution in [0.25, 0.3) is 0 Å². The molecule has 0 aliphatic heterocycles. The van der Waals surface area contributed by atoms with Gasteiger partial charge in [-0.2, -0.15) is 4.31 Å². The lowest BCUT2D eigenvalue weighted by Crippen LogP contribution is -2.41. The van der Waals surface area contributed by atoms with E-state index in [0.717, 1.165) is 16.7 Å². The summed E-state index contributed by atoms with van der Waals surface area (Å²) in [6.45, 7) is 1.51. The normalized spacial score (nSPS) is 11.5. The van der Waals surface area contributed by atoms with Gasteiger partial charge in [-0.15, -0.1) is 0 Å². The maximum atomic E-state index is 13.8. The topological polar surface area (TPSA) is 75.7 Å². The van der Waals surface area contributed by atoms with Gasteiger partial charge in [0, 0.05) is 6.54 Å². The van der Waals surface area contributed by atoms with Crippen LogP contribution in [0.4, 0.5) is 0 Å². The van der Waals surface area contributed by atoms with Gasteiger partial charge >= 0.3 is 0 Å². The summed E-state index contributed by atoms with van der Waals surface area (Å²) in [6, 6.07) is 32.8. The van der Waals surface area contributed by atoms with E-state index in [0.29, 0.717) is 11.3 Å². The monoisotopic (exact) mass is 514 g/mol. The van der Waals surface area contributed by atoms with Crippen molar-refractivity contribution in [3.8, 4) is 5.75 Å². The molecule has 6 nitrogen and oxygen atoms in total. The number of hydrogen-bond acceptors (Lipinski definition) is 4. The second-order valence-electron chi connectivity index (χ2n) is 8.71. The Labute approximate surface area is 218 Å². The van der Waals surface area contributed by atoms with Crippen molar-refractivity contribution in [3.63, 3.8) is 0 Å². The van der Waals surface area contributed by atoms with E-state index in [9.17, 15) is 13.2 Å². The van der Waals surface area contributed by atoms with Crippen molar-refractivity contribution < 1.29 is 17.9 Å². The lowest BCUT2D eigenvalue weighted by Gasteiger charge is -2.25. The zero-order chi connectivity index (χ0) is 26.3. The van der Waals surface area contributed by atoms with Crippen molar-refractivity contribution in [1.82, 2.24) is 9.62 Å². The minimum atomic E-state index is -3.99. The molecule has 0 saturated carbocycles. The van der Waals surface area contributed by atoms with Gasteiger partial charge in [-0.25, -0.2) is 8.42 Å². The lowest BCUT2D eigenvalue weighted by molar-refractivity contribution is -0.121. The van der Waals surface area contributed by atoms with Crippen molar-refractivity contribution in [3.05, 3.63) is 131 Å². The SMILES string of the molecule is COc1ccc(S(=O)(=O)N(CC(=O)NC(c2ccccc2)c2ccccc2)Cc2ccccc2)cc1C. The summed E-state index contributed by atoms with van der Waals surface area (Å²) in [4.78, 5) is 13.5. The highest BCUT2D eigenvalue weighted by molar-refractivity contribution is 7.89. The second-order valence-corrected chi connectivity index (χ2v) is 10.6. The predicted octanol–water partition coefficient (Wildman–Crippen LogP) is 5.10. The zero-order valence-electron chi connectivity index (χ0n) is 20.9. The molecule has 37 heavy (non-hydrogen) atoms. The number of carbonyl (C=O) groups is 1. The number of nitrogens with one attached hydrogen (secondary N) is 1. The Hall–Kier alpha value is -3.94. The van der Waals surface area contributed by atoms with E-state index in [2.05, 4.69) is 5.32 Å². The van der Waals surface area contributed by atoms with Crippen LogP contribution in [0.2, 0.25) is 0 Å². The highest BCUT2D eigenvalue weighted by Gasteiger charge is 2.28. The Kier molecular flexibility index (Phi) is 8.38. The minimum absolute atomic E-state index is 0.0585. The van der Waals surface area contributed by atoms with Gasteiger partial charge in [0.05, 0.1) is 24.6 Å². The molecule has 0 saturated heterocycles. The van der Waals surface area contributed by atoms with E-state index in [1.54, 1.807) is 26.2 Å². The van der Waals surface area contributed by atoms with Gasteiger partial charge < -0.3 is 10.1 Å². The van der Waals surface area contributed by atoms with E-state index in [1.807, 2.05) is 91.0 Å². The number of nitrogens with zero attached hydrogens (tertiary/aromatic N) is 1. The van der Waals surface area contributed by atoms with Gasteiger partial charge in [0.15, 0.2) is 0 Å². The fourth-order valence-electron chi connectivity index (χ4n) is 4.19. The molecule has 1 amide bonds. The first-order valence-electron chi connectivity index (χ1n) is 12.0. The first kappa shape index (κ1) is 26.1. The van der Waals surface area contributed by atoms with Crippen LogP contribution in [0.3, 0.4) is 0 Å². The van der Waals surface area contributed by atoms with E-state index >= 15 is 0 Å². The molecule has 0 aromatic heterocycles. The van der Waals surface area contributed by atoms with Crippen LogP contribution < -0.4 is 10.1 Å². The summed E-state index contributed by atoms with van der Waals surface area (Å²) in [6.07, 6.45) is 0. The van der Waals surface area contributed by atoms with Gasteiger partial charge in [-0.3, -0.25) is 4.79 Å². The summed E-state index contributed by atoms with van der Waals surface area (Å²) in [5, 5.41) is 3.05. The second kappa shape index (κ2) is 11.9. The lowest BCUT2D eigenvalue weighted by atomic mass is 9.99. The van der Waals surface area contributed by atoms with Gasteiger partial charge in [-0.1, -0.05) is 91.0 Å². The summed E-state index contributed by atoms with van der Waals surface area (Å²) >= 11 is 0. The van der Waals surface area contributed by atoms with Crippen molar-refractivity contribution in [2.45, 2.75) is 24.4 Å². The quantitative estimate of drug-likeness (QED) is 0.320. The molecule has 4 rings (SSSR count). The molecule has 7 heteroatoms. The number of ether oxygens (including phenoxy) is 1. The predicted molar refractivity (Wildman–Crippen MR) is 145 cm³/mol. The van der Waals surface area contributed by atoms with Gasteiger partial charge in [0.1, 0.15) is 5.75 Å². The molecule has 0 atom stereocenters. The first-order chi connectivity index (χ1) is 17.9. The number of carbonyl (C=O) groups excluding carboxylic acids is 1. The largest absolute Gasteiger partial charge is 0.496 e. The van der Waals surface area contributed by atoms with Crippen LogP contribution in [0, 0.1) is 6.92 Å². The summed E-state index contributed by atoms with van der Waals surface area (Å²) < 4.78 is 34.0. The molecule has 0 unspecified atom stereocenters. The number of sulfonamides is 1. The van der Waals surface area contributed by atoms with Gasteiger partial charge in [0.2, 0.25) is 15.9 Å². The number of benzene rings is 4. The standard InChI is InChI=1S/C30H30N2O4S/c1-23-20-27(18-19-28(23)36-2)37(34,35)32(21-24-12-6-3-7-13-24)22-29(33)31-30(25-14-8-4-9-15-25)26-16-10-5-11-17-26/h3-20,30H,21-22H2,1-2H3,(H,31,33). The molecule has 0 aliphatic rings. The van der Waals surface area contributed by atoms with Crippen LogP contribution in [-0.2, 0) is 21.4 Å². The Bertz CT molecular complexity index is 1390. The van der Waals surface area contributed by atoms with Crippen molar-refractivity contribution in [2.24, 2.45) is 0 Å². The molecule has 0 heterocycles. The molecule has 0 aliphatic carbocycles. The fraction of sp³-hybridized carbons (Fsp3) is 0.167. The third-order valence-corrected chi connectivity index (χ3v) is 7.88. The molecular formula is C30H30N2O4S.